The number of ether oxygens (including phenoxy) is 2. The highest BCUT2D eigenvalue weighted by Crippen LogP contribution is 2.32. The number of methoxy groups -OCH3 is 1. The van der Waals surface area contributed by atoms with Crippen LogP contribution in [0.25, 0.3) is 0 Å². The summed E-state index contributed by atoms with van der Waals surface area (Å²) < 4.78 is 24.4. The van der Waals surface area contributed by atoms with Crippen LogP contribution in [-0.4, -0.2) is 63.2 Å². The van der Waals surface area contributed by atoms with E-state index < -0.39 is 58.2 Å². The summed E-state index contributed by atoms with van der Waals surface area (Å²) in [7, 11) is 1.30. The largest absolute Gasteiger partial charge is 0.465 e. The van der Waals surface area contributed by atoms with Crippen molar-refractivity contribution in [3.63, 3.8) is 0 Å². The summed E-state index contributed by atoms with van der Waals surface area (Å²) in [6, 6.07) is 17.6. The lowest BCUT2D eigenvalue weighted by Gasteiger charge is -2.43. The molecule has 1 N–H and O–H groups in total. The fourth-order valence-corrected chi connectivity index (χ4v) is 5.92. The normalized spacial score (nSPS) is 15.9. The molecule has 4 rings (SSSR count). The highest BCUT2D eigenvalue weighted by molar-refractivity contribution is 7.81. The van der Waals surface area contributed by atoms with E-state index in [-0.39, 0.29) is 19.5 Å². The summed E-state index contributed by atoms with van der Waals surface area (Å²) in [6.07, 6.45) is -0.581. The van der Waals surface area contributed by atoms with Gasteiger partial charge in [0.15, 0.2) is 0 Å². The van der Waals surface area contributed by atoms with E-state index in [0.717, 1.165) is 11.1 Å². The number of halogens is 1. The van der Waals surface area contributed by atoms with Crippen LogP contribution in [0.1, 0.15) is 80.2 Å². The van der Waals surface area contributed by atoms with Crippen LogP contribution in [-0.2, 0) is 38.6 Å². The van der Waals surface area contributed by atoms with Gasteiger partial charge in [-0.3, -0.25) is 9.59 Å². The fourth-order valence-electron chi connectivity index (χ4n) is 5.75. The van der Waals surface area contributed by atoms with Gasteiger partial charge in [-0.05, 0) is 76.4 Å². The molecule has 256 valence electrons. The lowest BCUT2D eigenvalue weighted by Crippen LogP contribution is -2.62. The van der Waals surface area contributed by atoms with Gasteiger partial charge in [0.25, 0.3) is 0 Å². The van der Waals surface area contributed by atoms with Crippen molar-refractivity contribution >= 4 is 36.5 Å². The molecule has 11 heteroatoms. The Kier molecular flexibility index (Phi) is 11.2. The number of esters is 1. The summed E-state index contributed by atoms with van der Waals surface area (Å²) in [5.74, 6) is -1.87. The number of hydrogen-bond donors (Lipinski definition) is 2. The molecular weight excluding hydrogens is 633 g/mol. The summed E-state index contributed by atoms with van der Waals surface area (Å²) in [4.78, 5) is 57.4. The standard InChI is InChI=1S/C37H44FN3O6S/c1-23(28-14-10-11-15-29(28)38)40(21-24-16-18-25(19-17-24)34(44)46-7)32(42)30-20-26-12-8-9-13-27(26)22-41(30)33(43)31(37(5,6)48)39-35(45)47-36(2,3)4/h8-19,23,30-31,48H,20-22H2,1-7H3,(H,39,45)/t23-,30+,31-/m1/s1. The molecule has 48 heavy (non-hydrogen) atoms. The smallest absolute Gasteiger partial charge is 0.408 e. The molecule has 9 nitrogen and oxygen atoms in total. The van der Waals surface area contributed by atoms with Crippen molar-refractivity contribution in [3.8, 4) is 0 Å². The van der Waals surface area contributed by atoms with Gasteiger partial charge in [-0.2, -0.15) is 12.6 Å². The molecule has 1 aliphatic heterocycles. The molecule has 0 aromatic heterocycles. The van der Waals surface area contributed by atoms with E-state index in [4.69, 9.17) is 9.47 Å². The first kappa shape index (κ1) is 36.5. The van der Waals surface area contributed by atoms with Crippen molar-refractivity contribution in [1.82, 2.24) is 15.1 Å². The summed E-state index contributed by atoms with van der Waals surface area (Å²) >= 11 is 4.67. The van der Waals surface area contributed by atoms with Crippen LogP contribution in [0.2, 0.25) is 0 Å². The minimum atomic E-state index is -1.15. The third kappa shape index (κ3) is 8.74. The van der Waals surface area contributed by atoms with Crippen molar-refractivity contribution in [1.29, 1.82) is 0 Å². The van der Waals surface area contributed by atoms with Crippen LogP contribution in [0.15, 0.2) is 72.8 Å². The van der Waals surface area contributed by atoms with E-state index >= 15 is 4.39 Å². The van der Waals surface area contributed by atoms with Gasteiger partial charge < -0.3 is 24.6 Å². The van der Waals surface area contributed by atoms with Crippen LogP contribution < -0.4 is 5.32 Å². The predicted octanol–water partition coefficient (Wildman–Crippen LogP) is 6.26. The average molecular weight is 678 g/mol. The van der Waals surface area contributed by atoms with Gasteiger partial charge in [0.05, 0.1) is 18.7 Å². The predicted molar refractivity (Wildman–Crippen MR) is 184 cm³/mol. The van der Waals surface area contributed by atoms with E-state index in [1.807, 2.05) is 24.3 Å². The Labute approximate surface area is 287 Å². The average Bonchev–Trinajstić information content (AvgIpc) is 3.03. The Bertz CT molecular complexity index is 1650. The van der Waals surface area contributed by atoms with Crippen molar-refractivity contribution in [2.75, 3.05) is 7.11 Å². The van der Waals surface area contributed by atoms with Crippen LogP contribution in [0.4, 0.5) is 9.18 Å². The Hall–Kier alpha value is -4.38. The second kappa shape index (κ2) is 14.8. The van der Waals surface area contributed by atoms with Crippen molar-refractivity contribution in [3.05, 3.63) is 106 Å². The second-order valence-electron chi connectivity index (χ2n) is 13.5. The van der Waals surface area contributed by atoms with Gasteiger partial charge in [0.1, 0.15) is 23.5 Å². The first-order chi connectivity index (χ1) is 22.5. The Morgan fingerprint density at radius 2 is 1.56 bits per heavy atom. The molecule has 3 aromatic rings. The highest BCUT2D eigenvalue weighted by atomic mass is 32.1. The topological polar surface area (TPSA) is 105 Å². The molecule has 1 aliphatic rings. The maximum atomic E-state index is 15.2. The highest BCUT2D eigenvalue weighted by Gasteiger charge is 2.44. The molecular formula is C37H44FN3O6S. The number of carbonyl (C=O) groups is 4. The number of rotatable bonds is 9. The number of carbonyl (C=O) groups excluding carboxylic acids is 4. The molecule has 0 unspecified atom stereocenters. The third-order valence-corrected chi connectivity index (χ3v) is 8.52. The van der Waals surface area contributed by atoms with Gasteiger partial charge >= 0.3 is 12.1 Å². The fraction of sp³-hybridized carbons (Fsp3) is 0.405. The number of amides is 3. The lowest BCUT2D eigenvalue weighted by molar-refractivity contribution is -0.150. The molecule has 3 amide bonds. The minimum absolute atomic E-state index is 0.0631. The molecule has 3 atom stereocenters. The van der Waals surface area contributed by atoms with Crippen LogP contribution in [0.5, 0.6) is 0 Å². The molecule has 0 radical (unpaired) electrons. The molecule has 3 aromatic carbocycles. The molecule has 1 heterocycles. The molecule has 0 aliphatic carbocycles. The van der Waals surface area contributed by atoms with Crippen molar-refractivity contribution < 1.29 is 33.0 Å². The van der Waals surface area contributed by atoms with Gasteiger partial charge in [-0.15, -0.1) is 0 Å². The number of hydrogen-bond acceptors (Lipinski definition) is 7. The number of nitrogens with zero attached hydrogens (tertiary/aromatic N) is 2. The zero-order chi connectivity index (χ0) is 35.4. The summed E-state index contributed by atoms with van der Waals surface area (Å²) in [6.45, 7) is 10.5. The third-order valence-electron chi connectivity index (χ3n) is 8.27. The Morgan fingerprint density at radius 3 is 2.15 bits per heavy atom. The number of fused-ring (bicyclic) bond motifs is 1. The number of thiol groups is 1. The minimum Gasteiger partial charge on any atom is -0.465 e. The number of alkyl carbamates (subject to hydrolysis) is 1. The van der Waals surface area contributed by atoms with E-state index in [0.29, 0.717) is 16.7 Å². The summed E-state index contributed by atoms with van der Waals surface area (Å²) in [5.41, 5.74) is 2.32. The lowest BCUT2D eigenvalue weighted by atomic mass is 9.90. The van der Waals surface area contributed by atoms with Crippen molar-refractivity contribution in [2.45, 2.75) is 89.5 Å². The van der Waals surface area contributed by atoms with Crippen molar-refractivity contribution in [2.24, 2.45) is 0 Å². The van der Waals surface area contributed by atoms with Gasteiger partial charge in [-0.1, -0.05) is 54.6 Å². The molecule has 0 saturated carbocycles. The van der Waals surface area contributed by atoms with Crippen LogP contribution in [0, 0.1) is 5.82 Å². The molecule has 0 fully saturated rings. The first-order valence-corrected chi connectivity index (χ1v) is 16.3. The number of nitrogens with one attached hydrogen (secondary N) is 1. The second-order valence-corrected chi connectivity index (χ2v) is 14.7. The Morgan fingerprint density at radius 1 is 0.958 bits per heavy atom. The maximum Gasteiger partial charge on any atom is 0.408 e. The van der Waals surface area contributed by atoms with E-state index in [2.05, 4.69) is 17.9 Å². The summed E-state index contributed by atoms with van der Waals surface area (Å²) in [5, 5.41) is 2.70. The van der Waals surface area contributed by atoms with Gasteiger partial charge in [0, 0.05) is 29.8 Å². The Balaban J connectivity index is 1.77. The quantitative estimate of drug-likeness (QED) is 0.205. The zero-order valence-electron chi connectivity index (χ0n) is 28.5. The van der Waals surface area contributed by atoms with Crippen LogP contribution >= 0.6 is 12.6 Å². The molecule has 0 bridgehead atoms. The number of benzene rings is 3. The molecule has 0 saturated heterocycles. The van der Waals surface area contributed by atoms with E-state index in [1.54, 1.807) is 88.9 Å². The first-order valence-electron chi connectivity index (χ1n) is 15.8. The van der Waals surface area contributed by atoms with E-state index in [1.165, 1.54) is 18.1 Å². The monoisotopic (exact) mass is 677 g/mol. The maximum absolute atomic E-state index is 15.2. The van der Waals surface area contributed by atoms with Crippen LogP contribution in [0.3, 0.4) is 0 Å². The SMILES string of the molecule is COC(=O)c1ccc(CN(C(=O)[C@@H]2Cc3ccccc3CN2C(=O)[C@@H](NC(=O)OC(C)(C)C)C(C)(C)S)[C@H](C)c2ccccc2F)cc1. The van der Waals surface area contributed by atoms with Gasteiger partial charge in [0.2, 0.25) is 11.8 Å². The van der Waals surface area contributed by atoms with Gasteiger partial charge in [-0.25, -0.2) is 14.0 Å². The molecule has 0 spiro atoms. The zero-order valence-corrected chi connectivity index (χ0v) is 29.3. The van der Waals surface area contributed by atoms with E-state index in [9.17, 15) is 19.2 Å².